The van der Waals surface area contributed by atoms with E-state index >= 15 is 0 Å². The molecule has 0 aliphatic carbocycles. The summed E-state index contributed by atoms with van der Waals surface area (Å²) in [5.41, 5.74) is 6.26. The number of hydrogen-bond donors (Lipinski definition) is 2. The van der Waals surface area contributed by atoms with Crippen molar-refractivity contribution in [3.05, 3.63) is 11.4 Å². The van der Waals surface area contributed by atoms with Gasteiger partial charge in [-0.1, -0.05) is 6.92 Å². The lowest BCUT2D eigenvalue weighted by Gasteiger charge is -2.05. The number of esters is 1. The Morgan fingerprint density at radius 2 is 2.36 bits per heavy atom. The van der Waals surface area contributed by atoms with E-state index < -0.39 is 5.97 Å². The fraction of sp³-hybridized carbons (Fsp3) is 0.625. The number of H-pyrrole nitrogens is 1. The first-order chi connectivity index (χ1) is 6.70. The fourth-order valence-corrected chi connectivity index (χ4v) is 1.04. The van der Waals surface area contributed by atoms with Gasteiger partial charge in [0.2, 0.25) is 0 Å². The third kappa shape index (κ3) is 2.08. The molecule has 6 heteroatoms. The lowest BCUT2D eigenvalue weighted by atomic mass is 10.1. The maximum atomic E-state index is 11.4. The van der Waals surface area contributed by atoms with Crippen molar-refractivity contribution in [3.63, 3.8) is 0 Å². The van der Waals surface area contributed by atoms with Gasteiger partial charge in [0.15, 0.2) is 5.69 Å². The maximum Gasteiger partial charge on any atom is 0.360 e. The third-order valence-electron chi connectivity index (χ3n) is 1.86. The van der Waals surface area contributed by atoms with Crippen LogP contribution in [0.5, 0.6) is 0 Å². The van der Waals surface area contributed by atoms with Crippen LogP contribution in [0.25, 0.3) is 0 Å². The highest BCUT2D eigenvalue weighted by molar-refractivity contribution is 5.88. The molecule has 0 amide bonds. The average molecular weight is 198 g/mol. The van der Waals surface area contributed by atoms with Crippen molar-refractivity contribution in [1.82, 2.24) is 15.4 Å². The Labute approximate surface area is 81.8 Å². The van der Waals surface area contributed by atoms with Crippen LogP contribution in [0.15, 0.2) is 0 Å². The first kappa shape index (κ1) is 10.6. The third-order valence-corrected chi connectivity index (χ3v) is 1.86. The highest BCUT2D eigenvalue weighted by Gasteiger charge is 2.20. The second kappa shape index (κ2) is 4.71. The second-order valence-corrected chi connectivity index (χ2v) is 2.91. The van der Waals surface area contributed by atoms with Crippen LogP contribution < -0.4 is 5.73 Å². The molecule has 0 bridgehead atoms. The zero-order valence-electron chi connectivity index (χ0n) is 8.28. The van der Waals surface area contributed by atoms with E-state index in [1.807, 2.05) is 6.92 Å². The number of nitrogens with two attached hydrogens (primary N) is 1. The summed E-state index contributed by atoms with van der Waals surface area (Å²) < 4.78 is 4.82. The number of aromatic nitrogens is 3. The summed E-state index contributed by atoms with van der Waals surface area (Å²) >= 11 is 0. The predicted octanol–water partition coefficient (Wildman–Crippen LogP) is 0.0436. The van der Waals surface area contributed by atoms with Crippen molar-refractivity contribution in [2.24, 2.45) is 5.73 Å². The Balaban J connectivity index is 2.86. The number of carbonyl (C=O) groups is 1. The van der Waals surface area contributed by atoms with E-state index in [1.54, 1.807) is 6.92 Å². The zero-order chi connectivity index (χ0) is 10.6. The summed E-state index contributed by atoms with van der Waals surface area (Å²) in [5, 5.41) is 10.0. The average Bonchev–Trinajstić information content (AvgIpc) is 2.65. The Morgan fingerprint density at radius 3 is 2.93 bits per heavy atom. The van der Waals surface area contributed by atoms with Crippen LogP contribution in [-0.4, -0.2) is 34.5 Å². The number of rotatable bonds is 4. The molecule has 0 radical (unpaired) electrons. The quantitative estimate of drug-likeness (QED) is 0.666. The van der Waals surface area contributed by atoms with E-state index in [2.05, 4.69) is 15.4 Å². The molecule has 0 saturated carbocycles. The van der Waals surface area contributed by atoms with E-state index in [1.165, 1.54) is 0 Å². The molecule has 1 rings (SSSR count). The highest BCUT2D eigenvalue weighted by atomic mass is 16.5. The smallest absolute Gasteiger partial charge is 0.360 e. The van der Waals surface area contributed by atoms with Gasteiger partial charge in [0, 0.05) is 12.5 Å². The molecule has 0 aliphatic heterocycles. The molecule has 0 saturated heterocycles. The van der Waals surface area contributed by atoms with Gasteiger partial charge < -0.3 is 10.5 Å². The molecule has 14 heavy (non-hydrogen) atoms. The number of carbonyl (C=O) groups excluding carboxylic acids is 1. The van der Waals surface area contributed by atoms with Crippen LogP contribution in [0, 0.1) is 0 Å². The molecule has 78 valence electrons. The number of hydrogen-bond acceptors (Lipinski definition) is 5. The number of nitrogens with zero attached hydrogens (tertiary/aromatic N) is 2. The van der Waals surface area contributed by atoms with E-state index in [0.29, 0.717) is 18.8 Å². The van der Waals surface area contributed by atoms with Crippen molar-refractivity contribution >= 4 is 5.97 Å². The van der Waals surface area contributed by atoms with E-state index in [4.69, 9.17) is 10.5 Å². The highest BCUT2D eigenvalue weighted by Crippen LogP contribution is 2.14. The lowest BCUT2D eigenvalue weighted by molar-refractivity contribution is 0.0517. The Hall–Kier alpha value is -1.43. The van der Waals surface area contributed by atoms with Gasteiger partial charge in [-0.05, 0) is 6.92 Å². The minimum atomic E-state index is -0.462. The SMILES string of the molecule is CCOC(=O)c1n[nH]nc1C(C)CN. The van der Waals surface area contributed by atoms with Crippen LogP contribution in [0.1, 0.15) is 35.9 Å². The largest absolute Gasteiger partial charge is 0.461 e. The van der Waals surface area contributed by atoms with E-state index in [0.717, 1.165) is 0 Å². The van der Waals surface area contributed by atoms with Gasteiger partial charge in [0.1, 0.15) is 5.69 Å². The summed E-state index contributed by atoms with van der Waals surface area (Å²) in [7, 11) is 0. The van der Waals surface area contributed by atoms with Gasteiger partial charge in [-0.25, -0.2) is 4.79 Å². The lowest BCUT2D eigenvalue weighted by Crippen LogP contribution is -2.15. The van der Waals surface area contributed by atoms with Gasteiger partial charge in [-0.15, -0.1) is 5.10 Å². The molecule has 0 fully saturated rings. The first-order valence-corrected chi connectivity index (χ1v) is 4.48. The number of nitrogens with one attached hydrogen (secondary N) is 1. The Bertz CT molecular complexity index is 310. The standard InChI is InChI=1S/C8H14N4O2/c1-3-14-8(13)7-6(5(2)4-9)10-12-11-7/h5H,3-4,9H2,1-2H3,(H,10,11,12). The van der Waals surface area contributed by atoms with Crippen LogP contribution in [0.3, 0.4) is 0 Å². The van der Waals surface area contributed by atoms with E-state index in [-0.39, 0.29) is 11.6 Å². The molecule has 1 atom stereocenters. The van der Waals surface area contributed by atoms with Crippen molar-refractivity contribution < 1.29 is 9.53 Å². The van der Waals surface area contributed by atoms with Gasteiger partial charge >= 0.3 is 5.97 Å². The Kier molecular flexibility index (Phi) is 3.58. The summed E-state index contributed by atoms with van der Waals surface area (Å²) in [5.74, 6) is -0.468. The fourth-order valence-electron chi connectivity index (χ4n) is 1.04. The van der Waals surface area contributed by atoms with Gasteiger partial charge in [-0.3, -0.25) is 0 Å². The summed E-state index contributed by atoms with van der Waals surface area (Å²) in [6.07, 6.45) is 0. The summed E-state index contributed by atoms with van der Waals surface area (Å²) in [4.78, 5) is 11.4. The molecule has 0 aromatic carbocycles. The Morgan fingerprint density at radius 1 is 1.64 bits per heavy atom. The molecule has 6 nitrogen and oxygen atoms in total. The molecule has 1 unspecified atom stereocenters. The molecule has 0 aliphatic rings. The van der Waals surface area contributed by atoms with Gasteiger partial charge in [0.05, 0.1) is 6.61 Å². The van der Waals surface area contributed by atoms with Crippen LogP contribution >= 0.6 is 0 Å². The molecular weight excluding hydrogens is 184 g/mol. The maximum absolute atomic E-state index is 11.4. The number of aromatic amines is 1. The summed E-state index contributed by atoms with van der Waals surface area (Å²) in [6, 6.07) is 0. The van der Waals surface area contributed by atoms with Crippen LogP contribution in [-0.2, 0) is 4.74 Å². The van der Waals surface area contributed by atoms with Crippen molar-refractivity contribution in [3.8, 4) is 0 Å². The first-order valence-electron chi connectivity index (χ1n) is 4.48. The van der Waals surface area contributed by atoms with E-state index in [9.17, 15) is 4.79 Å². The molecule has 3 N–H and O–H groups in total. The topological polar surface area (TPSA) is 93.9 Å². The van der Waals surface area contributed by atoms with Crippen LogP contribution in [0.2, 0.25) is 0 Å². The monoisotopic (exact) mass is 198 g/mol. The normalized spacial score (nSPS) is 12.5. The number of ether oxygens (including phenoxy) is 1. The minimum Gasteiger partial charge on any atom is -0.461 e. The molecular formula is C8H14N4O2. The van der Waals surface area contributed by atoms with Crippen LogP contribution in [0.4, 0.5) is 0 Å². The van der Waals surface area contributed by atoms with Gasteiger partial charge in [-0.2, -0.15) is 10.3 Å². The molecule has 1 aromatic rings. The molecule has 0 spiro atoms. The summed E-state index contributed by atoms with van der Waals surface area (Å²) in [6.45, 7) is 4.35. The predicted molar refractivity (Wildman–Crippen MR) is 49.8 cm³/mol. The minimum absolute atomic E-state index is 0.00634. The molecule has 1 heterocycles. The second-order valence-electron chi connectivity index (χ2n) is 2.91. The zero-order valence-corrected chi connectivity index (χ0v) is 8.28. The van der Waals surface area contributed by atoms with Gasteiger partial charge in [0.25, 0.3) is 0 Å². The molecule has 1 aromatic heterocycles. The van der Waals surface area contributed by atoms with Crippen molar-refractivity contribution in [1.29, 1.82) is 0 Å². The van der Waals surface area contributed by atoms with Crippen molar-refractivity contribution in [2.75, 3.05) is 13.2 Å². The van der Waals surface area contributed by atoms with Crippen molar-refractivity contribution in [2.45, 2.75) is 19.8 Å².